The fourth-order valence-electron chi connectivity index (χ4n) is 15.3. The summed E-state index contributed by atoms with van der Waals surface area (Å²) in [5.41, 5.74) is 7.01. The van der Waals surface area contributed by atoms with Gasteiger partial charge in [0.25, 0.3) is 0 Å². The Balaban J connectivity index is 0.000000230. The Morgan fingerprint density at radius 1 is 0.286 bits per heavy atom. The van der Waals surface area contributed by atoms with E-state index in [-0.39, 0.29) is 66.3 Å². The first-order valence-corrected chi connectivity index (χ1v) is 43.8. The van der Waals surface area contributed by atoms with Crippen LogP contribution in [-0.2, 0) is 65.6 Å². The van der Waals surface area contributed by atoms with Gasteiger partial charge in [0.2, 0.25) is 0 Å². The van der Waals surface area contributed by atoms with Gasteiger partial charge in [-0.15, -0.1) is 0 Å². The molecule has 6 fully saturated rings. The normalized spacial score (nSPS) is 31.6. The summed E-state index contributed by atoms with van der Waals surface area (Å²) < 4.78 is 0. The number of fused-ring (bicyclic) bond motifs is 12. The van der Waals surface area contributed by atoms with Crippen LogP contribution >= 0.6 is 60.6 Å². The van der Waals surface area contributed by atoms with Crippen molar-refractivity contribution in [2.75, 3.05) is 39.3 Å². The van der Waals surface area contributed by atoms with Crippen molar-refractivity contribution in [3.63, 3.8) is 0 Å². The molecule has 9 aliphatic rings. The molecule has 0 radical (unpaired) electrons. The minimum absolute atomic E-state index is 0. The Morgan fingerprint density at radius 3 is 0.703 bits per heavy atom. The molecule has 0 unspecified atom stereocenters. The van der Waals surface area contributed by atoms with E-state index in [0.29, 0.717) is 72.5 Å². The molecule has 15 nitrogen and oxygen atoms in total. The molecular weight excluding hydrogens is 1390 g/mol. The van der Waals surface area contributed by atoms with Crippen LogP contribution in [0.3, 0.4) is 0 Å². The van der Waals surface area contributed by atoms with Crippen LogP contribution in [0.5, 0.6) is 0 Å². The molecule has 12 N–H and O–H groups in total. The van der Waals surface area contributed by atoms with E-state index in [4.69, 9.17) is 75.5 Å². The fraction of sp³-hybridized carbons (Fsp3) is 0.776. The summed E-state index contributed by atoms with van der Waals surface area (Å²) >= 11 is 0.0208. The van der Waals surface area contributed by atoms with Crippen LogP contribution in [0.1, 0.15) is 229 Å². The summed E-state index contributed by atoms with van der Waals surface area (Å²) in [6.07, 6.45) is 31.5. The van der Waals surface area contributed by atoms with Gasteiger partial charge in [-0.05, 0) is 127 Å². The maximum atomic E-state index is 5.06. The topological polar surface area (TPSA) is 183 Å². The van der Waals surface area contributed by atoms with E-state index < -0.39 is 0 Å². The Labute approximate surface area is 595 Å². The minimum atomic E-state index is 0. The predicted octanol–water partition coefficient (Wildman–Crippen LogP) is 12.8. The monoisotopic (exact) mass is 1510 g/mol. The van der Waals surface area contributed by atoms with Crippen molar-refractivity contribution in [3.8, 4) is 0 Å². The molecule has 24 heteroatoms. The van der Waals surface area contributed by atoms with E-state index in [1.165, 1.54) is 188 Å². The molecule has 0 spiro atoms. The largest absolute Gasteiger partial charge is 0.311 e. The zero-order chi connectivity index (χ0) is 62.7. The molecule has 0 saturated heterocycles. The molecule has 0 amide bonds. The van der Waals surface area contributed by atoms with E-state index in [9.17, 15) is 0 Å². The van der Waals surface area contributed by atoms with E-state index >= 15 is 0 Å². The smallest absolute Gasteiger partial charge is 0.0545 e. The van der Waals surface area contributed by atoms with E-state index in [2.05, 4.69) is 132 Å². The molecule has 0 aromatic carbocycles. The van der Waals surface area contributed by atoms with Gasteiger partial charge >= 0.3 is 100.0 Å². The van der Waals surface area contributed by atoms with Crippen molar-refractivity contribution in [1.82, 2.24) is 78.8 Å². The number of aromatic nitrogens is 3. The third kappa shape index (κ3) is 29.9. The van der Waals surface area contributed by atoms with Gasteiger partial charge in [0.05, 0.1) is 34.2 Å². The average Bonchev–Trinajstić information content (AvgIpc) is 2.53. The summed E-state index contributed by atoms with van der Waals surface area (Å²) in [6.45, 7) is 14.4. The van der Waals surface area contributed by atoms with Crippen LogP contribution in [0, 0.1) is 0 Å². The molecule has 3 aromatic heterocycles. The van der Waals surface area contributed by atoms with Crippen LogP contribution in [0.2, 0.25) is 0 Å². The molecule has 6 heterocycles. The van der Waals surface area contributed by atoms with Gasteiger partial charge in [0, 0.05) is 150 Å². The summed E-state index contributed by atoms with van der Waals surface area (Å²) in [4.78, 5) is 14.8. The number of pyridine rings is 3. The van der Waals surface area contributed by atoms with E-state index in [1.54, 1.807) is 0 Å². The standard InChI is InChI=1S/C23H39N5.2C21H35N5.2CH4.6ClH.3Mn/c1-16-18-12-7-13-19(28-18)17(2)27-23-11-6-4-9-21(23)25-15-14-24-20-8-3-5-10-22(20)26-16;2*1-3-10-20-18(8-1)22-12-13-23-19-9-2-4-11-21(19)25-15-17-7-5-6-16(26-17)14-24-20;;;;;;;;;;;/h7,12-13,16-17,20-27H,3-6,8-11,14-15H2,1-2H3;2*5-7,18-25H,1-4,8-15H2;2*1H4;6*1H;;;/q;;;;;;;;;;;3*+2/p-6/t16-,17-,20+,21+,22+,23+;2*18-,19-,20-,21-;;;;;;;;;;;/m010.........../s1. The molecule has 12 rings (SSSR count). The zero-order valence-corrected chi connectivity index (χ0v) is 61.1. The molecule has 6 saturated carbocycles. The number of nitrogens with zero attached hydrogens (tertiary/aromatic N) is 3. The van der Waals surface area contributed by atoms with Crippen molar-refractivity contribution in [1.29, 1.82) is 0 Å². The van der Waals surface area contributed by atoms with Crippen LogP contribution in [0.4, 0.5) is 0 Å². The van der Waals surface area contributed by atoms with E-state index in [0.717, 1.165) is 65.4 Å². The van der Waals surface area contributed by atoms with Crippen LogP contribution in [0.25, 0.3) is 0 Å². The van der Waals surface area contributed by atoms with Crippen molar-refractivity contribution >= 4 is 60.6 Å². The fourth-order valence-corrected chi connectivity index (χ4v) is 15.3. The second-order valence-electron chi connectivity index (χ2n) is 25.9. The average molecular weight is 1510 g/mol. The van der Waals surface area contributed by atoms with Gasteiger partial charge in [0.15, 0.2) is 0 Å². The van der Waals surface area contributed by atoms with Crippen LogP contribution in [0.15, 0.2) is 54.6 Å². The summed E-state index contributed by atoms with van der Waals surface area (Å²) in [5.74, 6) is 0. The Kier molecular flexibility index (Phi) is 44.0. The quantitative estimate of drug-likeness (QED) is 0.0955. The number of halogens is 6. The minimum Gasteiger partial charge on any atom is -0.311 e. The second kappa shape index (κ2) is 48.9. The van der Waals surface area contributed by atoms with Crippen molar-refractivity contribution in [3.05, 3.63) is 88.8 Å². The number of hydrogen-bond donors (Lipinski definition) is 12. The number of hydrogen-bond acceptors (Lipinski definition) is 15. The first-order valence-electron chi connectivity index (χ1n) is 34.1. The Morgan fingerprint density at radius 2 is 0.473 bits per heavy atom. The molecule has 6 bridgehead atoms. The van der Waals surface area contributed by atoms with Crippen molar-refractivity contribution in [2.24, 2.45) is 0 Å². The van der Waals surface area contributed by atoms with Gasteiger partial charge in [-0.25, -0.2) is 0 Å². The van der Waals surface area contributed by atoms with Gasteiger partial charge in [0.1, 0.15) is 0 Å². The Hall–Kier alpha value is 0.268. The second-order valence-corrected chi connectivity index (χ2v) is 31.7. The maximum absolute atomic E-state index is 5.06. The number of nitrogens with one attached hydrogen (secondary N) is 12. The molecule has 3 aromatic rings. The summed E-state index contributed by atoms with van der Waals surface area (Å²) in [5, 5.41) is 46.0. The van der Waals surface area contributed by atoms with Gasteiger partial charge < -0.3 is 63.8 Å². The van der Waals surface area contributed by atoms with Gasteiger partial charge in [-0.2, -0.15) is 0 Å². The van der Waals surface area contributed by atoms with Crippen molar-refractivity contribution in [2.45, 2.75) is 294 Å². The SMILES string of the molecule is C.C.C[C@@H]1N[C@@H]2CCCC[C@H]2NCCN[C@@H]2CCCC[C@H]2N[C@@H](C)c2cccc1n2.[Cl][Mn][Cl].[Cl][Mn][Cl].[Cl][Mn][Cl].c1cc2nc(c1)CN[C@@H]1CCCC[C@H]1NCCN[C@@H]1CCCC[C@H]1NC2.c1cc2nc(c1)CN[C@H]1CCCC[C@@H]1NCCN[C@H]1CCCC[C@@H]1NC2. The summed E-state index contributed by atoms with van der Waals surface area (Å²) in [7, 11) is 28.8. The zero-order valence-electron chi connectivity index (χ0n) is 53.1. The third-order valence-corrected chi connectivity index (χ3v) is 19.9. The molecule has 91 heavy (non-hydrogen) atoms. The van der Waals surface area contributed by atoms with Gasteiger partial charge in [-0.3, -0.25) is 15.0 Å². The van der Waals surface area contributed by atoms with Gasteiger partial charge in [-0.1, -0.05) is 110 Å². The molecule has 6 aliphatic carbocycles. The molecule has 14 atom stereocenters. The summed E-state index contributed by atoms with van der Waals surface area (Å²) in [6, 6.07) is 26.9. The first kappa shape index (κ1) is 81.9. The molecule has 523 valence electrons. The first-order chi connectivity index (χ1) is 43.7. The third-order valence-electron chi connectivity index (χ3n) is 19.9. The molecule has 3 aliphatic heterocycles. The number of rotatable bonds is 0. The van der Waals surface area contributed by atoms with Crippen molar-refractivity contribution < 1.29 is 39.4 Å². The van der Waals surface area contributed by atoms with Crippen LogP contribution < -0.4 is 63.8 Å². The van der Waals surface area contributed by atoms with Crippen LogP contribution in [-0.4, -0.2) is 127 Å². The maximum Gasteiger partial charge on any atom is 0.0545 e. The predicted molar refractivity (Wildman–Crippen MR) is 376 cm³/mol. The van der Waals surface area contributed by atoms with E-state index in [1.807, 2.05) is 0 Å². The Bertz CT molecular complexity index is 2090. The molecular formula is C67H117Cl6Mn3N15.